The van der Waals surface area contributed by atoms with Crippen molar-refractivity contribution in [3.8, 4) is 21.9 Å². The highest BCUT2D eigenvalue weighted by Gasteiger charge is 2.28. The van der Waals surface area contributed by atoms with E-state index in [-0.39, 0.29) is 17.9 Å². The van der Waals surface area contributed by atoms with Crippen molar-refractivity contribution in [1.29, 1.82) is 0 Å². The van der Waals surface area contributed by atoms with Crippen molar-refractivity contribution in [2.75, 3.05) is 20.8 Å². The van der Waals surface area contributed by atoms with E-state index >= 15 is 0 Å². The number of nitrogens with one attached hydrogen (secondary N) is 3. The Morgan fingerprint density at radius 2 is 1.85 bits per heavy atom. The van der Waals surface area contributed by atoms with Gasteiger partial charge in [0.05, 0.1) is 41.7 Å². The zero-order chi connectivity index (χ0) is 31.9. The van der Waals surface area contributed by atoms with E-state index in [1.54, 1.807) is 31.6 Å². The van der Waals surface area contributed by atoms with Crippen molar-refractivity contribution in [1.82, 2.24) is 30.5 Å². The van der Waals surface area contributed by atoms with E-state index in [2.05, 4.69) is 54.8 Å². The summed E-state index contributed by atoms with van der Waals surface area (Å²) in [6.07, 6.45) is 6.70. The summed E-state index contributed by atoms with van der Waals surface area (Å²) in [6, 6.07) is 20.8. The molecule has 1 aliphatic rings. The van der Waals surface area contributed by atoms with Crippen LogP contribution in [0, 0.1) is 0 Å². The Kier molecular flexibility index (Phi) is 9.70. The number of para-hydroxylation sites is 1. The Morgan fingerprint density at radius 3 is 2.59 bits per heavy atom. The lowest BCUT2D eigenvalue weighted by atomic mass is 9.96. The van der Waals surface area contributed by atoms with E-state index in [0.717, 1.165) is 39.4 Å². The fourth-order valence-corrected chi connectivity index (χ4v) is 6.26. The van der Waals surface area contributed by atoms with Crippen LogP contribution < -0.4 is 25.4 Å². The Morgan fingerprint density at radius 1 is 1.04 bits per heavy atom. The van der Waals surface area contributed by atoms with Crippen LogP contribution in [-0.2, 0) is 24.3 Å². The molecule has 236 valence electrons. The quantitative estimate of drug-likeness (QED) is 0.181. The number of benzene rings is 3. The zero-order valence-corrected chi connectivity index (χ0v) is 26.5. The highest BCUT2D eigenvalue weighted by Crippen LogP contribution is 2.35. The molecule has 1 unspecified atom stereocenters. The molecule has 0 saturated carbocycles. The molecule has 11 heteroatoms. The van der Waals surface area contributed by atoms with Gasteiger partial charge in [-0.3, -0.25) is 14.6 Å². The fourth-order valence-electron chi connectivity index (χ4n) is 5.63. The lowest BCUT2D eigenvalue weighted by molar-refractivity contribution is -0.122. The second-order valence-corrected chi connectivity index (χ2v) is 11.9. The molecule has 5 aromatic rings. The zero-order valence-electron chi connectivity index (χ0n) is 25.7. The Bertz CT molecular complexity index is 1770. The van der Waals surface area contributed by atoms with Crippen LogP contribution in [0.3, 0.4) is 0 Å². The summed E-state index contributed by atoms with van der Waals surface area (Å²) in [5.74, 6) is 0.627. The number of imidazole rings is 1. The first-order valence-corrected chi connectivity index (χ1v) is 16.0. The predicted octanol–water partition coefficient (Wildman–Crippen LogP) is 4.76. The molecule has 2 atom stereocenters. The predicted molar refractivity (Wildman–Crippen MR) is 177 cm³/mol. The van der Waals surface area contributed by atoms with Crippen LogP contribution in [0.2, 0.25) is 0 Å². The van der Waals surface area contributed by atoms with Crippen LogP contribution in [0.5, 0.6) is 11.5 Å². The van der Waals surface area contributed by atoms with Gasteiger partial charge < -0.3 is 30.0 Å². The van der Waals surface area contributed by atoms with E-state index in [1.165, 1.54) is 5.56 Å². The number of rotatable bonds is 12. The van der Waals surface area contributed by atoms with Crippen molar-refractivity contribution in [2.45, 2.75) is 38.0 Å². The van der Waals surface area contributed by atoms with Crippen molar-refractivity contribution in [3.63, 3.8) is 0 Å². The molecule has 0 saturated heterocycles. The molecule has 2 aromatic heterocycles. The lowest BCUT2D eigenvalue weighted by Crippen LogP contribution is -2.47. The lowest BCUT2D eigenvalue weighted by Gasteiger charge is -2.28. The molecule has 0 spiro atoms. The average Bonchev–Trinajstić information content (AvgIpc) is 3.80. The summed E-state index contributed by atoms with van der Waals surface area (Å²) >= 11 is 1.63. The number of nitrogens with zero attached hydrogens (tertiary/aromatic N) is 3. The molecule has 0 fully saturated rings. The number of fused-ring (bicyclic) bond motifs is 1. The van der Waals surface area contributed by atoms with Crippen LogP contribution in [0.1, 0.15) is 45.2 Å². The summed E-state index contributed by atoms with van der Waals surface area (Å²) in [7, 11) is 3.16. The number of likely N-dealkylation sites (N-methyl/N-ethyl adjacent to an activating group) is 1. The Hall–Kier alpha value is -5.00. The summed E-state index contributed by atoms with van der Waals surface area (Å²) in [5.41, 5.74) is 7.45. The van der Waals surface area contributed by atoms with E-state index in [1.807, 2.05) is 60.6 Å². The first kappa shape index (κ1) is 31.0. The number of amides is 2. The van der Waals surface area contributed by atoms with E-state index in [9.17, 15) is 9.59 Å². The second kappa shape index (κ2) is 14.4. The highest BCUT2D eigenvalue weighted by atomic mass is 32.1. The minimum absolute atomic E-state index is 0.0208. The summed E-state index contributed by atoms with van der Waals surface area (Å²) in [6.45, 7) is 1.77. The molecule has 0 radical (unpaired) electrons. The number of hydrogen-bond acceptors (Lipinski definition) is 8. The van der Waals surface area contributed by atoms with Crippen LogP contribution in [0.15, 0.2) is 91.0 Å². The van der Waals surface area contributed by atoms with E-state index in [4.69, 9.17) is 9.47 Å². The van der Waals surface area contributed by atoms with Gasteiger partial charge in [0.15, 0.2) is 0 Å². The van der Waals surface area contributed by atoms with Crippen molar-refractivity contribution in [3.05, 3.63) is 119 Å². The normalized spacial score (nSPS) is 14.5. The minimum atomic E-state index is -0.761. The van der Waals surface area contributed by atoms with E-state index < -0.39 is 6.04 Å². The van der Waals surface area contributed by atoms with Gasteiger partial charge in [-0.05, 0) is 34.9 Å². The fraction of sp³-hybridized carbons (Fsp3) is 0.257. The number of ether oxygens (including phenoxy) is 2. The number of aromatic nitrogens is 3. The number of hydrogen-bond donors (Lipinski definition) is 3. The van der Waals surface area contributed by atoms with Gasteiger partial charge in [-0.1, -0.05) is 48.5 Å². The van der Waals surface area contributed by atoms with Gasteiger partial charge in [0.1, 0.15) is 17.5 Å². The number of methoxy groups -OCH3 is 1. The Labute approximate surface area is 271 Å². The molecular weight excluding hydrogens is 600 g/mol. The smallest absolute Gasteiger partial charge is 0.255 e. The van der Waals surface area contributed by atoms with Crippen LogP contribution >= 0.6 is 11.3 Å². The van der Waals surface area contributed by atoms with Gasteiger partial charge >= 0.3 is 0 Å². The Balaban J connectivity index is 1.12. The monoisotopic (exact) mass is 636 g/mol. The van der Waals surface area contributed by atoms with Crippen LogP contribution in [-0.4, -0.2) is 53.2 Å². The van der Waals surface area contributed by atoms with Crippen LogP contribution in [0.4, 0.5) is 0 Å². The molecule has 0 aliphatic carbocycles. The topological polar surface area (TPSA) is 119 Å². The molecule has 1 aliphatic heterocycles. The number of carbonyl (C=O) groups excluding carboxylic acids is 2. The molecule has 3 heterocycles. The van der Waals surface area contributed by atoms with Gasteiger partial charge in [-0.2, -0.15) is 0 Å². The van der Waals surface area contributed by atoms with E-state index in [0.29, 0.717) is 37.4 Å². The molecule has 3 aromatic carbocycles. The maximum absolute atomic E-state index is 13.6. The molecule has 6 rings (SSSR count). The molecule has 3 N–H and O–H groups in total. The largest absolute Gasteiger partial charge is 0.497 e. The highest BCUT2D eigenvalue weighted by molar-refractivity contribution is 7.13. The molecule has 2 amide bonds. The van der Waals surface area contributed by atoms with Gasteiger partial charge in [-0.15, -0.1) is 11.3 Å². The number of thiazole rings is 1. The summed E-state index contributed by atoms with van der Waals surface area (Å²) < 4.78 is 13.4. The first-order chi connectivity index (χ1) is 22.5. The number of carbonyl (C=O) groups is 2. The van der Waals surface area contributed by atoms with Crippen molar-refractivity contribution < 1.29 is 19.1 Å². The van der Waals surface area contributed by atoms with Gasteiger partial charge in [-0.25, -0.2) is 4.98 Å². The minimum Gasteiger partial charge on any atom is -0.497 e. The third-order valence-corrected chi connectivity index (χ3v) is 8.96. The second-order valence-electron chi connectivity index (χ2n) is 11.1. The molecular formula is C35H36N6O4S. The van der Waals surface area contributed by atoms with Gasteiger partial charge in [0, 0.05) is 57.0 Å². The first-order valence-electron chi connectivity index (χ1n) is 15.1. The molecule has 46 heavy (non-hydrogen) atoms. The molecule has 0 bridgehead atoms. The van der Waals surface area contributed by atoms with Gasteiger partial charge in [0.25, 0.3) is 5.91 Å². The average molecular weight is 637 g/mol. The van der Waals surface area contributed by atoms with Crippen molar-refractivity contribution >= 4 is 23.2 Å². The SMILES string of the molecule is CNC(=O)[C@H](Cc1ccc(OC)cc1)NC(=O)c1cccc2c1OCCC2NCc1cncn1Cc1ccc(-c2cncs2)cc1. The maximum atomic E-state index is 13.6. The third-order valence-electron chi connectivity index (χ3n) is 8.14. The van der Waals surface area contributed by atoms with Crippen molar-refractivity contribution in [2.24, 2.45) is 0 Å². The van der Waals surface area contributed by atoms with Crippen LogP contribution in [0.25, 0.3) is 10.4 Å². The third kappa shape index (κ3) is 7.11. The maximum Gasteiger partial charge on any atom is 0.255 e. The van der Waals surface area contributed by atoms with Gasteiger partial charge in [0.2, 0.25) is 5.91 Å². The summed E-state index contributed by atoms with van der Waals surface area (Å²) in [5, 5.41) is 9.25. The molecule has 10 nitrogen and oxygen atoms in total. The summed E-state index contributed by atoms with van der Waals surface area (Å²) in [4.78, 5) is 36.1. The standard InChI is InChI=1S/C35H36N6O4S/c1-36-35(43)31(16-23-8-12-27(44-2)13-9-23)40-34(42)29-5-3-4-28-30(14-15-45-33(28)29)39-18-26-17-37-21-41(26)20-24-6-10-25(11-7-24)32-19-38-22-46-32/h3-13,17,19,21-22,30-31,39H,14-16,18,20H2,1-2H3,(H,36,43)(H,40,42)/t30?,31-/m0/s1.